The van der Waals surface area contributed by atoms with Crippen molar-refractivity contribution in [2.45, 2.75) is 25.9 Å². The smallest absolute Gasteiger partial charge is 0.200 e. The Morgan fingerprint density at radius 2 is 2.16 bits per heavy atom. The molecule has 0 saturated heterocycles. The molecule has 6 heteroatoms. The highest BCUT2D eigenvalue weighted by atomic mass is 32.2. The van der Waals surface area contributed by atoms with Crippen LogP contribution in [0.15, 0.2) is 28.0 Å². The molecular weight excluding hydrogens is 262 g/mol. The molecule has 0 fully saturated rings. The molecule has 2 aromatic rings. The zero-order valence-corrected chi connectivity index (χ0v) is 12.3. The third kappa shape index (κ3) is 3.07. The molecule has 0 bridgehead atoms. The van der Waals surface area contributed by atoms with Crippen LogP contribution < -0.4 is 0 Å². The average molecular weight is 279 g/mol. The SMILES string of the molecule is Cn1c(SCC(=O)C(C)(C)C)nnc1-c1ccco1. The van der Waals surface area contributed by atoms with Gasteiger partial charge in [-0.05, 0) is 12.1 Å². The van der Waals surface area contributed by atoms with Gasteiger partial charge in [0, 0.05) is 12.5 Å². The van der Waals surface area contributed by atoms with E-state index in [1.807, 2.05) is 38.5 Å². The predicted molar refractivity (Wildman–Crippen MR) is 73.9 cm³/mol. The monoisotopic (exact) mass is 279 g/mol. The number of rotatable bonds is 4. The molecule has 0 aliphatic carbocycles. The quantitative estimate of drug-likeness (QED) is 0.805. The highest BCUT2D eigenvalue weighted by molar-refractivity contribution is 7.99. The maximum absolute atomic E-state index is 11.9. The van der Waals surface area contributed by atoms with Gasteiger partial charge in [-0.1, -0.05) is 32.5 Å². The zero-order valence-electron chi connectivity index (χ0n) is 11.5. The Balaban J connectivity index is 2.09. The Morgan fingerprint density at radius 3 is 2.74 bits per heavy atom. The van der Waals surface area contributed by atoms with Crippen molar-refractivity contribution in [3.63, 3.8) is 0 Å². The molecule has 2 rings (SSSR count). The predicted octanol–water partition coefficient (Wildman–Crippen LogP) is 2.78. The zero-order chi connectivity index (χ0) is 14.0. The van der Waals surface area contributed by atoms with E-state index in [1.54, 1.807) is 12.3 Å². The van der Waals surface area contributed by atoms with E-state index in [4.69, 9.17) is 4.42 Å². The molecule has 0 spiro atoms. The van der Waals surface area contributed by atoms with E-state index < -0.39 is 0 Å². The molecule has 5 nitrogen and oxygen atoms in total. The number of nitrogens with zero attached hydrogens (tertiary/aromatic N) is 3. The molecule has 2 aromatic heterocycles. The van der Waals surface area contributed by atoms with Gasteiger partial charge in [0.25, 0.3) is 0 Å². The summed E-state index contributed by atoms with van der Waals surface area (Å²) in [6.45, 7) is 5.75. The Bertz CT molecular complexity index is 567. The highest BCUT2D eigenvalue weighted by Gasteiger charge is 2.22. The summed E-state index contributed by atoms with van der Waals surface area (Å²) in [4.78, 5) is 11.9. The summed E-state index contributed by atoms with van der Waals surface area (Å²) in [7, 11) is 1.86. The number of hydrogen-bond acceptors (Lipinski definition) is 5. The number of aromatic nitrogens is 3. The molecule has 102 valence electrons. The minimum atomic E-state index is -0.324. The third-order valence-electron chi connectivity index (χ3n) is 2.75. The molecular formula is C13H17N3O2S. The van der Waals surface area contributed by atoms with Crippen molar-refractivity contribution in [1.29, 1.82) is 0 Å². The molecule has 0 aromatic carbocycles. The Kier molecular flexibility index (Phi) is 3.80. The number of furan rings is 1. The van der Waals surface area contributed by atoms with Crippen molar-refractivity contribution in [3.05, 3.63) is 18.4 Å². The van der Waals surface area contributed by atoms with Gasteiger partial charge in [0.05, 0.1) is 12.0 Å². The van der Waals surface area contributed by atoms with Crippen molar-refractivity contribution >= 4 is 17.5 Å². The maximum atomic E-state index is 11.9. The van der Waals surface area contributed by atoms with Crippen LogP contribution in [0.1, 0.15) is 20.8 Å². The Morgan fingerprint density at radius 1 is 1.42 bits per heavy atom. The van der Waals surface area contributed by atoms with Gasteiger partial charge in [-0.3, -0.25) is 4.79 Å². The standard InChI is InChI=1S/C13H17N3O2S/c1-13(2,3)10(17)8-19-12-15-14-11(16(12)4)9-6-5-7-18-9/h5-7H,8H2,1-4H3. The second kappa shape index (κ2) is 5.21. The lowest BCUT2D eigenvalue weighted by molar-refractivity contribution is -0.123. The number of hydrogen-bond donors (Lipinski definition) is 0. The molecule has 0 aliphatic heterocycles. The molecule has 0 atom stereocenters. The third-order valence-corrected chi connectivity index (χ3v) is 3.77. The van der Waals surface area contributed by atoms with Crippen molar-refractivity contribution in [2.75, 3.05) is 5.75 Å². The topological polar surface area (TPSA) is 60.9 Å². The lowest BCUT2D eigenvalue weighted by Crippen LogP contribution is -2.22. The van der Waals surface area contributed by atoms with Crippen molar-refractivity contribution in [3.8, 4) is 11.6 Å². The van der Waals surface area contributed by atoms with Crippen LogP contribution in [0.3, 0.4) is 0 Å². The minimum absolute atomic E-state index is 0.194. The normalized spacial score (nSPS) is 11.8. The summed E-state index contributed by atoms with van der Waals surface area (Å²) in [5, 5.41) is 8.89. The van der Waals surface area contributed by atoms with Crippen LogP contribution >= 0.6 is 11.8 Å². The van der Waals surface area contributed by atoms with Crippen LogP contribution in [0.5, 0.6) is 0 Å². The first-order chi connectivity index (χ1) is 8.89. The first kappa shape index (κ1) is 13.9. The Labute approximate surface area is 116 Å². The average Bonchev–Trinajstić information content (AvgIpc) is 2.94. The summed E-state index contributed by atoms with van der Waals surface area (Å²) in [5.41, 5.74) is -0.324. The number of ketones is 1. The largest absolute Gasteiger partial charge is 0.461 e. The van der Waals surface area contributed by atoms with Crippen LogP contribution in [0.25, 0.3) is 11.6 Å². The fourth-order valence-corrected chi connectivity index (χ4v) is 2.48. The highest BCUT2D eigenvalue weighted by Crippen LogP contribution is 2.25. The second-order valence-corrected chi connectivity index (χ2v) is 6.25. The number of carbonyl (C=O) groups excluding carboxylic acids is 1. The van der Waals surface area contributed by atoms with Gasteiger partial charge in [0.15, 0.2) is 16.7 Å². The summed E-state index contributed by atoms with van der Waals surface area (Å²) < 4.78 is 7.13. The van der Waals surface area contributed by atoms with Gasteiger partial charge in [-0.15, -0.1) is 10.2 Å². The summed E-state index contributed by atoms with van der Waals surface area (Å²) in [6.07, 6.45) is 1.60. The van der Waals surface area contributed by atoms with Gasteiger partial charge >= 0.3 is 0 Å². The van der Waals surface area contributed by atoms with Crippen molar-refractivity contribution in [1.82, 2.24) is 14.8 Å². The van der Waals surface area contributed by atoms with Crippen LogP contribution in [0, 0.1) is 5.41 Å². The van der Waals surface area contributed by atoms with E-state index in [1.165, 1.54) is 11.8 Å². The van der Waals surface area contributed by atoms with Gasteiger partial charge in [0.2, 0.25) is 0 Å². The summed E-state index contributed by atoms with van der Waals surface area (Å²) in [5.74, 6) is 1.92. The van der Waals surface area contributed by atoms with Crippen LogP contribution in [-0.4, -0.2) is 26.3 Å². The van der Waals surface area contributed by atoms with E-state index in [0.717, 1.165) is 0 Å². The molecule has 0 unspecified atom stereocenters. The van der Waals surface area contributed by atoms with E-state index >= 15 is 0 Å². The van der Waals surface area contributed by atoms with Gasteiger partial charge in [0.1, 0.15) is 5.78 Å². The second-order valence-electron chi connectivity index (χ2n) is 5.30. The van der Waals surface area contributed by atoms with E-state index in [2.05, 4.69) is 10.2 Å². The van der Waals surface area contributed by atoms with Gasteiger partial charge < -0.3 is 8.98 Å². The lowest BCUT2D eigenvalue weighted by Gasteiger charge is -2.15. The van der Waals surface area contributed by atoms with Crippen LogP contribution in [0.4, 0.5) is 0 Å². The number of carbonyl (C=O) groups is 1. The minimum Gasteiger partial charge on any atom is -0.461 e. The Hall–Kier alpha value is -1.56. The van der Waals surface area contributed by atoms with E-state index in [9.17, 15) is 4.79 Å². The molecule has 0 radical (unpaired) electrons. The first-order valence-corrected chi connectivity index (χ1v) is 6.97. The van der Waals surface area contributed by atoms with Crippen molar-refractivity contribution in [2.24, 2.45) is 12.5 Å². The number of Topliss-reactive ketones (excluding diaryl/α,β-unsaturated/α-hetero) is 1. The molecule has 0 aliphatic rings. The molecule has 2 heterocycles. The van der Waals surface area contributed by atoms with E-state index in [-0.39, 0.29) is 11.2 Å². The summed E-state index contributed by atoms with van der Waals surface area (Å²) >= 11 is 1.40. The van der Waals surface area contributed by atoms with Crippen LogP contribution in [-0.2, 0) is 11.8 Å². The fraction of sp³-hybridized carbons (Fsp3) is 0.462. The van der Waals surface area contributed by atoms with Crippen LogP contribution in [0.2, 0.25) is 0 Å². The fourth-order valence-electron chi connectivity index (χ4n) is 1.41. The molecule has 19 heavy (non-hydrogen) atoms. The molecule has 0 saturated carbocycles. The number of thioether (sulfide) groups is 1. The lowest BCUT2D eigenvalue weighted by atomic mass is 9.92. The first-order valence-electron chi connectivity index (χ1n) is 5.99. The van der Waals surface area contributed by atoms with Gasteiger partial charge in [-0.2, -0.15) is 0 Å². The molecule has 0 N–H and O–H groups in total. The molecule has 0 amide bonds. The van der Waals surface area contributed by atoms with Gasteiger partial charge in [-0.25, -0.2) is 0 Å². The summed E-state index contributed by atoms with van der Waals surface area (Å²) in [6, 6.07) is 3.64. The van der Waals surface area contributed by atoms with E-state index in [0.29, 0.717) is 22.5 Å². The van der Waals surface area contributed by atoms with Crippen molar-refractivity contribution < 1.29 is 9.21 Å². The maximum Gasteiger partial charge on any atom is 0.200 e.